The molecule has 0 radical (unpaired) electrons. The van der Waals surface area contributed by atoms with Crippen LogP contribution >= 0.6 is 0 Å². The molecule has 2 rings (SSSR count). The van der Waals surface area contributed by atoms with E-state index in [1.165, 1.54) is 0 Å². The molecular weight excluding hydrogens is 178 g/mol. The Morgan fingerprint density at radius 2 is 2.07 bits per heavy atom. The number of aromatic nitrogens is 1. The van der Waals surface area contributed by atoms with E-state index in [4.69, 9.17) is 0 Å². The van der Waals surface area contributed by atoms with Crippen LogP contribution in [0.15, 0.2) is 30.3 Å². The highest BCUT2D eigenvalue weighted by Crippen LogP contribution is 2.12. The fourth-order valence-corrected chi connectivity index (χ4v) is 1.48. The van der Waals surface area contributed by atoms with Crippen molar-refractivity contribution >= 4 is 17.2 Å². The summed E-state index contributed by atoms with van der Waals surface area (Å²) in [7, 11) is 0. The van der Waals surface area contributed by atoms with Gasteiger partial charge in [-0.05, 0) is 12.1 Å². The summed E-state index contributed by atoms with van der Waals surface area (Å²) in [6, 6.07) is 8.93. The summed E-state index contributed by atoms with van der Waals surface area (Å²) in [6.45, 7) is 1.64. The standard InChI is InChI=1S/C11H9NO2/c1-8-10(7-13)6-9-4-2-3-5-11(9)12(8)14/h2-7H,1H3. The molecule has 70 valence electrons. The second kappa shape index (κ2) is 3.10. The highest BCUT2D eigenvalue weighted by molar-refractivity contribution is 5.84. The number of hydrogen-bond acceptors (Lipinski definition) is 2. The molecule has 0 aliphatic rings. The first-order valence-corrected chi connectivity index (χ1v) is 4.31. The van der Waals surface area contributed by atoms with Crippen molar-refractivity contribution in [2.24, 2.45) is 0 Å². The van der Waals surface area contributed by atoms with Gasteiger partial charge in [-0.15, -0.1) is 0 Å². The zero-order valence-electron chi connectivity index (χ0n) is 7.73. The third kappa shape index (κ3) is 1.14. The minimum Gasteiger partial charge on any atom is -0.618 e. The molecule has 1 aromatic carbocycles. The van der Waals surface area contributed by atoms with Crippen molar-refractivity contribution in [3.8, 4) is 0 Å². The molecule has 0 saturated carbocycles. The first kappa shape index (κ1) is 8.69. The van der Waals surface area contributed by atoms with Crippen LogP contribution in [0, 0.1) is 12.1 Å². The van der Waals surface area contributed by atoms with Gasteiger partial charge < -0.3 is 5.21 Å². The average molecular weight is 187 g/mol. The van der Waals surface area contributed by atoms with Crippen molar-refractivity contribution in [3.05, 3.63) is 46.8 Å². The maximum absolute atomic E-state index is 11.7. The second-order valence-electron chi connectivity index (χ2n) is 3.16. The molecule has 3 nitrogen and oxygen atoms in total. The van der Waals surface area contributed by atoms with Gasteiger partial charge in [-0.3, -0.25) is 4.79 Å². The summed E-state index contributed by atoms with van der Waals surface area (Å²) in [4.78, 5) is 10.7. The normalized spacial score (nSPS) is 10.4. The first-order valence-electron chi connectivity index (χ1n) is 4.31. The molecule has 2 aromatic rings. The van der Waals surface area contributed by atoms with Crippen molar-refractivity contribution in [1.82, 2.24) is 0 Å². The smallest absolute Gasteiger partial charge is 0.224 e. The molecule has 0 spiro atoms. The van der Waals surface area contributed by atoms with Gasteiger partial charge in [0.05, 0.1) is 5.56 Å². The quantitative estimate of drug-likeness (QED) is 0.386. The van der Waals surface area contributed by atoms with Crippen molar-refractivity contribution in [2.75, 3.05) is 0 Å². The molecule has 1 aromatic heterocycles. The van der Waals surface area contributed by atoms with E-state index in [2.05, 4.69) is 0 Å². The molecule has 0 saturated heterocycles. The van der Waals surface area contributed by atoms with E-state index in [1.807, 2.05) is 12.1 Å². The molecule has 3 heteroatoms. The summed E-state index contributed by atoms with van der Waals surface area (Å²) in [6.07, 6.45) is 0.705. The maximum Gasteiger partial charge on any atom is 0.224 e. The summed E-state index contributed by atoms with van der Waals surface area (Å²) in [5.41, 5.74) is 1.48. The Hall–Kier alpha value is -1.90. The predicted octanol–water partition coefficient (Wildman–Crippen LogP) is 1.59. The van der Waals surface area contributed by atoms with Crippen LogP contribution in [0.3, 0.4) is 0 Å². The summed E-state index contributed by atoms with van der Waals surface area (Å²) in [5, 5.41) is 12.5. The molecule has 0 bridgehead atoms. The van der Waals surface area contributed by atoms with E-state index < -0.39 is 0 Å². The highest BCUT2D eigenvalue weighted by Gasteiger charge is 2.11. The van der Waals surface area contributed by atoms with Crippen LogP contribution in [0.25, 0.3) is 10.9 Å². The Balaban J connectivity index is 2.91. The van der Waals surface area contributed by atoms with Crippen LogP contribution in [0.2, 0.25) is 0 Å². The molecule has 0 amide bonds. The SMILES string of the molecule is Cc1c(C=O)cc2ccccc2[n+]1[O-]. The molecule has 0 unspecified atom stereocenters. The van der Waals surface area contributed by atoms with Crippen molar-refractivity contribution < 1.29 is 9.52 Å². The molecule has 14 heavy (non-hydrogen) atoms. The van der Waals surface area contributed by atoms with Crippen LogP contribution in [0.4, 0.5) is 0 Å². The van der Waals surface area contributed by atoms with Gasteiger partial charge >= 0.3 is 0 Å². The Bertz CT molecular complexity index is 506. The number of fused-ring (bicyclic) bond motifs is 1. The number of hydrogen-bond donors (Lipinski definition) is 0. The second-order valence-corrected chi connectivity index (χ2v) is 3.16. The topological polar surface area (TPSA) is 44.0 Å². The number of benzene rings is 1. The molecule has 0 N–H and O–H groups in total. The summed E-state index contributed by atoms with van der Waals surface area (Å²) >= 11 is 0. The fraction of sp³-hybridized carbons (Fsp3) is 0.0909. The Kier molecular flexibility index (Phi) is 1.93. The lowest BCUT2D eigenvalue weighted by molar-refractivity contribution is -0.584. The molecule has 0 aliphatic heterocycles. The van der Waals surface area contributed by atoms with Crippen LogP contribution in [-0.2, 0) is 0 Å². The number of carbonyl (C=O) groups excluding carboxylic acids is 1. The Labute approximate surface area is 81.2 Å². The van der Waals surface area contributed by atoms with Gasteiger partial charge in [-0.1, -0.05) is 12.1 Å². The number of rotatable bonds is 1. The zero-order valence-corrected chi connectivity index (χ0v) is 7.73. The fourth-order valence-electron chi connectivity index (χ4n) is 1.48. The molecular formula is C11H9NO2. The van der Waals surface area contributed by atoms with Crippen molar-refractivity contribution in [3.63, 3.8) is 0 Å². The lowest BCUT2D eigenvalue weighted by Gasteiger charge is -2.05. The summed E-state index contributed by atoms with van der Waals surface area (Å²) in [5.74, 6) is 0. The number of para-hydroxylation sites is 1. The van der Waals surface area contributed by atoms with E-state index in [-0.39, 0.29) is 0 Å². The van der Waals surface area contributed by atoms with Crippen molar-refractivity contribution in [2.45, 2.75) is 6.92 Å². The van der Waals surface area contributed by atoms with E-state index in [0.29, 0.717) is 23.1 Å². The van der Waals surface area contributed by atoms with E-state index in [1.54, 1.807) is 25.1 Å². The molecule has 0 atom stereocenters. The van der Waals surface area contributed by atoms with Gasteiger partial charge in [0.1, 0.15) is 0 Å². The van der Waals surface area contributed by atoms with Gasteiger partial charge in [0.15, 0.2) is 6.29 Å². The van der Waals surface area contributed by atoms with Crippen LogP contribution in [0.5, 0.6) is 0 Å². The Morgan fingerprint density at radius 3 is 2.79 bits per heavy atom. The van der Waals surface area contributed by atoms with Gasteiger partial charge in [-0.25, -0.2) is 0 Å². The van der Waals surface area contributed by atoms with Gasteiger partial charge in [0.2, 0.25) is 11.2 Å². The van der Waals surface area contributed by atoms with Gasteiger partial charge in [0, 0.05) is 18.4 Å². The minimum absolute atomic E-state index is 0.443. The summed E-state index contributed by atoms with van der Waals surface area (Å²) < 4.78 is 0.791. The Morgan fingerprint density at radius 1 is 1.36 bits per heavy atom. The lowest BCUT2D eigenvalue weighted by atomic mass is 10.1. The average Bonchev–Trinajstić information content (AvgIpc) is 2.23. The van der Waals surface area contributed by atoms with Gasteiger partial charge in [0.25, 0.3) is 0 Å². The van der Waals surface area contributed by atoms with Crippen LogP contribution < -0.4 is 4.73 Å². The third-order valence-corrected chi connectivity index (χ3v) is 2.32. The van der Waals surface area contributed by atoms with E-state index in [0.717, 1.165) is 10.1 Å². The monoisotopic (exact) mass is 187 g/mol. The van der Waals surface area contributed by atoms with Crippen molar-refractivity contribution in [1.29, 1.82) is 0 Å². The van der Waals surface area contributed by atoms with E-state index in [9.17, 15) is 10.0 Å². The third-order valence-electron chi connectivity index (χ3n) is 2.32. The van der Waals surface area contributed by atoms with Crippen LogP contribution in [-0.4, -0.2) is 6.29 Å². The molecule has 0 fully saturated rings. The number of nitrogens with zero attached hydrogens (tertiary/aromatic N) is 1. The van der Waals surface area contributed by atoms with Gasteiger partial charge in [-0.2, -0.15) is 4.73 Å². The zero-order chi connectivity index (χ0) is 10.1. The minimum atomic E-state index is 0.443. The maximum atomic E-state index is 11.7. The number of carbonyl (C=O) groups is 1. The largest absolute Gasteiger partial charge is 0.618 e. The van der Waals surface area contributed by atoms with E-state index >= 15 is 0 Å². The first-order chi connectivity index (χ1) is 6.74. The lowest BCUT2D eigenvalue weighted by Crippen LogP contribution is -2.32. The van der Waals surface area contributed by atoms with Crippen LogP contribution in [0.1, 0.15) is 16.1 Å². The molecule has 0 aliphatic carbocycles. The molecule has 1 heterocycles. The number of aldehydes is 1. The highest BCUT2D eigenvalue weighted by atomic mass is 16.5. The predicted molar refractivity (Wildman–Crippen MR) is 53.0 cm³/mol. The number of pyridine rings is 1.